The molecule has 2 aliphatic heterocycles. The Morgan fingerprint density at radius 2 is 2.03 bits per heavy atom. The number of rotatable bonds is 6. The molecule has 180 valence electrons. The number of aldehydes is 1. The smallest absolute Gasteiger partial charge is 0.134 e. The molecule has 0 amide bonds. The van der Waals surface area contributed by atoms with Gasteiger partial charge in [-0.15, -0.1) is 0 Å². The summed E-state index contributed by atoms with van der Waals surface area (Å²) in [5.74, 6) is 0. The van der Waals surface area contributed by atoms with Gasteiger partial charge in [-0.05, 0) is 73.8 Å². The maximum absolute atomic E-state index is 11.3. The van der Waals surface area contributed by atoms with Crippen LogP contribution < -0.4 is 5.32 Å². The number of carbonyl (C=O) groups is 1. The molecule has 1 aromatic carbocycles. The summed E-state index contributed by atoms with van der Waals surface area (Å²) in [6.07, 6.45) is 13.3. The van der Waals surface area contributed by atoms with Crippen molar-refractivity contribution in [3.05, 3.63) is 65.0 Å². The predicted molar refractivity (Wildman–Crippen MR) is 133 cm³/mol. The molecule has 2 aromatic rings. The number of carbonyl (C=O) groups excluding carboxylic acids is 1. The molecule has 3 heterocycles. The molecule has 5 heteroatoms. The van der Waals surface area contributed by atoms with Crippen molar-refractivity contribution in [3.8, 4) is 0 Å². The topological polar surface area (TPSA) is 54.5 Å². The monoisotopic (exact) mass is 459 g/mol. The quantitative estimate of drug-likeness (QED) is 0.637. The van der Waals surface area contributed by atoms with Crippen LogP contribution in [-0.2, 0) is 21.4 Å². The lowest BCUT2D eigenvalue weighted by Gasteiger charge is -2.48. The summed E-state index contributed by atoms with van der Waals surface area (Å²) in [7, 11) is 0. The highest BCUT2D eigenvalue weighted by Crippen LogP contribution is 2.49. The summed E-state index contributed by atoms with van der Waals surface area (Å²) >= 11 is 0. The summed E-state index contributed by atoms with van der Waals surface area (Å²) < 4.78 is 6.45. The number of nitrogens with zero attached hydrogens (tertiary/aromatic N) is 2. The van der Waals surface area contributed by atoms with E-state index in [2.05, 4.69) is 40.5 Å². The first kappa shape index (κ1) is 22.4. The number of hydrogen-bond acceptors (Lipinski definition) is 5. The first-order valence-corrected chi connectivity index (χ1v) is 13.3. The molecule has 1 aromatic heterocycles. The van der Waals surface area contributed by atoms with Crippen molar-refractivity contribution in [2.75, 3.05) is 26.2 Å². The van der Waals surface area contributed by atoms with Crippen molar-refractivity contribution in [2.24, 2.45) is 0 Å². The van der Waals surface area contributed by atoms with E-state index in [0.29, 0.717) is 18.6 Å². The van der Waals surface area contributed by atoms with Crippen molar-refractivity contribution in [1.29, 1.82) is 0 Å². The van der Waals surface area contributed by atoms with Gasteiger partial charge in [0.25, 0.3) is 0 Å². The third-order valence-corrected chi connectivity index (χ3v) is 9.15. The third-order valence-electron chi connectivity index (χ3n) is 9.15. The van der Waals surface area contributed by atoms with E-state index in [4.69, 9.17) is 9.72 Å². The van der Waals surface area contributed by atoms with Crippen LogP contribution in [-0.4, -0.2) is 48.0 Å². The van der Waals surface area contributed by atoms with Crippen molar-refractivity contribution in [1.82, 2.24) is 15.2 Å². The van der Waals surface area contributed by atoms with Crippen LogP contribution in [0.5, 0.6) is 0 Å². The van der Waals surface area contributed by atoms with E-state index in [1.165, 1.54) is 48.1 Å². The van der Waals surface area contributed by atoms with Crippen molar-refractivity contribution in [3.63, 3.8) is 0 Å². The molecule has 0 bridgehead atoms. The van der Waals surface area contributed by atoms with Gasteiger partial charge in [0.05, 0.1) is 12.1 Å². The lowest BCUT2D eigenvalue weighted by atomic mass is 9.69. The lowest BCUT2D eigenvalue weighted by Crippen LogP contribution is -2.52. The second-order valence-electron chi connectivity index (χ2n) is 11.0. The zero-order valence-electron chi connectivity index (χ0n) is 20.2. The van der Waals surface area contributed by atoms with Crippen LogP contribution in [0.2, 0.25) is 0 Å². The summed E-state index contributed by atoms with van der Waals surface area (Å²) in [6, 6.07) is 14.0. The van der Waals surface area contributed by atoms with Crippen molar-refractivity contribution >= 4 is 6.29 Å². The molecular formula is C29H37N3O2. The number of ether oxygens (including phenoxy) is 1. The van der Waals surface area contributed by atoms with Gasteiger partial charge in [-0.3, -0.25) is 9.88 Å². The molecular weight excluding hydrogens is 422 g/mol. The first-order valence-electron chi connectivity index (χ1n) is 13.3. The SMILES string of the molecule is O=CCN1CCc2cccc3c2C1CCC3NCC1(c2ccccn2)CCOC2(CCCC2)C1. The molecule has 2 aliphatic carbocycles. The van der Waals surface area contributed by atoms with Crippen molar-refractivity contribution in [2.45, 2.75) is 80.9 Å². The molecule has 1 N–H and O–H groups in total. The molecule has 2 fully saturated rings. The summed E-state index contributed by atoms with van der Waals surface area (Å²) in [4.78, 5) is 18.6. The van der Waals surface area contributed by atoms with Crippen LogP contribution in [0, 0.1) is 0 Å². The zero-order valence-corrected chi connectivity index (χ0v) is 20.2. The Kier molecular flexibility index (Phi) is 6.04. The highest BCUT2D eigenvalue weighted by molar-refractivity contribution is 5.53. The van der Waals surface area contributed by atoms with Crippen molar-refractivity contribution < 1.29 is 9.53 Å². The number of benzene rings is 1. The average Bonchev–Trinajstić information content (AvgIpc) is 3.33. The van der Waals surface area contributed by atoms with Crippen LogP contribution in [0.1, 0.15) is 85.8 Å². The second-order valence-corrected chi connectivity index (χ2v) is 11.0. The van der Waals surface area contributed by atoms with Gasteiger partial charge in [-0.2, -0.15) is 0 Å². The molecule has 1 saturated carbocycles. The highest BCUT2D eigenvalue weighted by atomic mass is 16.5. The molecule has 4 aliphatic rings. The van der Waals surface area contributed by atoms with Gasteiger partial charge in [0.15, 0.2) is 0 Å². The Balaban J connectivity index is 1.28. The van der Waals surface area contributed by atoms with E-state index >= 15 is 0 Å². The maximum Gasteiger partial charge on any atom is 0.134 e. The predicted octanol–water partition coefficient (Wildman–Crippen LogP) is 4.67. The van der Waals surface area contributed by atoms with Crippen LogP contribution in [0.3, 0.4) is 0 Å². The number of nitrogens with one attached hydrogen (secondary N) is 1. The normalized spacial score (nSPS) is 30.2. The minimum Gasteiger partial charge on any atom is -0.375 e. The number of pyridine rings is 1. The molecule has 3 unspecified atom stereocenters. The van der Waals surface area contributed by atoms with E-state index < -0.39 is 0 Å². The van der Waals surface area contributed by atoms with Gasteiger partial charge in [0.1, 0.15) is 6.29 Å². The number of hydrogen-bond donors (Lipinski definition) is 1. The number of aromatic nitrogens is 1. The first-order chi connectivity index (χ1) is 16.7. The summed E-state index contributed by atoms with van der Waals surface area (Å²) in [5, 5.41) is 4.05. The van der Waals surface area contributed by atoms with E-state index in [0.717, 1.165) is 58.1 Å². The average molecular weight is 460 g/mol. The van der Waals surface area contributed by atoms with Gasteiger partial charge < -0.3 is 14.8 Å². The van der Waals surface area contributed by atoms with Crippen LogP contribution in [0.15, 0.2) is 42.6 Å². The minimum atomic E-state index is 0.0130. The van der Waals surface area contributed by atoms with Gasteiger partial charge in [-0.1, -0.05) is 37.1 Å². The van der Waals surface area contributed by atoms with Gasteiger partial charge in [-0.25, -0.2) is 0 Å². The summed E-state index contributed by atoms with van der Waals surface area (Å²) in [6.45, 7) is 3.29. The molecule has 1 spiro atoms. The fourth-order valence-corrected chi connectivity index (χ4v) is 7.51. The Hall–Kier alpha value is -2.08. The molecule has 0 radical (unpaired) electrons. The fraction of sp³-hybridized carbons (Fsp3) is 0.586. The third kappa shape index (κ3) is 3.92. The van der Waals surface area contributed by atoms with E-state index in [1.54, 1.807) is 0 Å². The largest absolute Gasteiger partial charge is 0.375 e. The standard InChI is InChI=1S/C29H37N3O2/c33-18-17-32-16-11-22-6-5-7-23-24(9-10-25(32)27(22)23)31-21-28(26-8-1-4-15-30-26)14-19-34-29(20-28)12-2-3-13-29/h1,4-8,15,18,24-25,31H,2-3,9-14,16-17,19-21H2. The Bertz CT molecular complexity index is 1020. The van der Waals surface area contributed by atoms with Gasteiger partial charge in [0, 0.05) is 49.1 Å². The van der Waals surface area contributed by atoms with E-state index in [-0.39, 0.29) is 11.0 Å². The van der Waals surface area contributed by atoms with Gasteiger partial charge in [0.2, 0.25) is 0 Å². The second kappa shape index (κ2) is 9.18. The highest BCUT2D eigenvalue weighted by Gasteiger charge is 2.49. The maximum atomic E-state index is 11.3. The summed E-state index contributed by atoms with van der Waals surface area (Å²) in [5.41, 5.74) is 5.69. The Labute approximate surface area is 203 Å². The van der Waals surface area contributed by atoms with E-state index in [9.17, 15) is 4.79 Å². The molecule has 5 nitrogen and oxygen atoms in total. The van der Waals surface area contributed by atoms with Crippen LogP contribution >= 0.6 is 0 Å². The van der Waals surface area contributed by atoms with Crippen LogP contribution in [0.25, 0.3) is 0 Å². The van der Waals surface area contributed by atoms with E-state index in [1.807, 2.05) is 12.3 Å². The molecule has 34 heavy (non-hydrogen) atoms. The lowest BCUT2D eigenvalue weighted by molar-refractivity contribution is -0.109. The fourth-order valence-electron chi connectivity index (χ4n) is 7.51. The zero-order chi connectivity index (χ0) is 23.0. The minimum absolute atomic E-state index is 0.0130. The molecule has 1 saturated heterocycles. The Morgan fingerprint density at radius 3 is 2.85 bits per heavy atom. The van der Waals surface area contributed by atoms with Gasteiger partial charge >= 0.3 is 0 Å². The Morgan fingerprint density at radius 1 is 1.12 bits per heavy atom. The van der Waals surface area contributed by atoms with Crippen LogP contribution in [0.4, 0.5) is 0 Å². The molecule has 3 atom stereocenters. The molecule has 6 rings (SSSR count).